The number of aromatic nitrogens is 5. The maximum atomic E-state index is 12.3. The van der Waals surface area contributed by atoms with Crippen LogP contribution in [0.4, 0.5) is 0 Å². The summed E-state index contributed by atoms with van der Waals surface area (Å²) in [5.74, 6) is 0.648. The summed E-state index contributed by atoms with van der Waals surface area (Å²) in [5, 5.41) is 23.5. The third-order valence-corrected chi connectivity index (χ3v) is 9.55. The first-order valence-corrected chi connectivity index (χ1v) is 15.7. The second-order valence-corrected chi connectivity index (χ2v) is 12.4. The van der Waals surface area contributed by atoms with Crippen LogP contribution in [0.2, 0.25) is 0 Å². The lowest BCUT2D eigenvalue weighted by atomic mass is 9.86. The molecular weight excluding hydrogens is 542 g/mol. The summed E-state index contributed by atoms with van der Waals surface area (Å²) in [5.41, 5.74) is 4.78. The zero-order valence-corrected chi connectivity index (χ0v) is 24.6. The predicted molar refractivity (Wildman–Crippen MR) is 162 cm³/mol. The Bertz CT molecular complexity index is 1580. The van der Waals surface area contributed by atoms with E-state index in [1.54, 1.807) is 4.68 Å². The largest absolute Gasteiger partial charge is 0.490 e. The molecule has 9 nitrogen and oxygen atoms in total. The van der Waals surface area contributed by atoms with Gasteiger partial charge in [0, 0.05) is 31.2 Å². The molecule has 224 valence electrons. The summed E-state index contributed by atoms with van der Waals surface area (Å²) in [6.45, 7) is 3.67. The Hall–Kier alpha value is -3.98. The molecule has 9 heteroatoms. The van der Waals surface area contributed by atoms with Gasteiger partial charge in [-0.1, -0.05) is 48.7 Å². The maximum absolute atomic E-state index is 12.3. The summed E-state index contributed by atoms with van der Waals surface area (Å²) < 4.78 is 15.7. The Balaban J connectivity index is 1.13. The van der Waals surface area contributed by atoms with Crippen LogP contribution >= 0.6 is 0 Å². The standard InChI is InChI=1S/C34H39N5O4/c1-22(23-7-3-2-4-8-23)43-28-12-6-10-25(18-28)24-9-5-11-27(17-24)39-33(31(20-35-39)34(40)41)30-19-29(30)32-21-38(37-36-32)26-13-15-42-16-14-26/h5-6,9-12,17-18,20-23,26,29-30H,2-4,7-8,13-16,19H2,1H3,(H,40,41)/t22-,29?,30?/m0/s1. The van der Waals surface area contributed by atoms with Crippen molar-refractivity contribution in [2.24, 2.45) is 5.92 Å². The van der Waals surface area contributed by atoms with Gasteiger partial charge in [0.25, 0.3) is 0 Å². The van der Waals surface area contributed by atoms with Crippen LogP contribution in [0, 0.1) is 5.92 Å². The number of ether oxygens (including phenoxy) is 2. The third-order valence-electron chi connectivity index (χ3n) is 9.55. The van der Waals surface area contributed by atoms with Crippen LogP contribution in [0.15, 0.2) is 60.9 Å². The summed E-state index contributed by atoms with van der Waals surface area (Å²) in [4.78, 5) is 12.3. The molecule has 1 aliphatic heterocycles. The van der Waals surface area contributed by atoms with Crippen molar-refractivity contribution in [1.29, 1.82) is 0 Å². The van der Waals surface area contributed by atoms with Gasteiger partial charge >= 0.3 is 5.97 Å². The normalized spacial score (nSPS) is 21.9. The lowest BCUT2D eigenvalue weighted by Crippen LogP contribution is -2.25. The number of carboxylic acid groups (broad SMARTS) is 1. The quantitative estimate of drug-likeness (QED) is 0.232. The van der Waals surface area contributed by atoms with E-state index in [-0.39, 0.29) is 23.5 Å². The summed E-state index contributed by atoms with van der Waals surface area (Å²) in [7, 11) is 0. The van der Waals surface area contributed by atoms with Gasteiger partial charge in [-0.25, -0.2) is 14.2 Å². The fraction of sp³-hybridized carbons (Fsp3) is 0.471. The molecule has 1 saturated heterocycles. The van der Waals surface area contributed by atoms with Gasteiger partial charge in [-0.15, -0.1) is 5.10 Å². The van der Waals surface area contributed by atoms with Crippen molar-refractivity contribution < 1.29 is 19.4 Å². The average Bonchev–Trinajstić information content (AvgIpc) is 3.45. The molecule has 1 N–H and O–H groups in total. The highest BCUT2D eigenvalue weighted by atomic mass is 16.5. The molecule has 2 unspecified atom stereocenters. The lowest BCUT2D eigenvalue weighted by Gasteiger charge is -2.28. The van der Waals surface area contributed by atoms with Crippen molar-refractivity contribution in [3.63, 3.8) is 0 Å². The number of aromatic carboxylic acids is 1. The molecule has 0 radical (unpaired) electrons. The van der Waals surface area contributed by atoms with Crippen LogP contribution in [-0.4, -0.2) is 55.2 Å². The van der Waals surface area contributed by atoms with Gasteiger partial charge in [0.2, 0.25) is 0 Å². The van der Waals surface area contributed by atoms with E-state index in [1.807, 2.05) is 35.1 Å². The van der Waals surface area contributed by atoms with Gasteiger partial charge in [0.15, 0.2) is 0 Å². The molecule has 3 fully saturated rings. The van der Waals surface area contributed by atoms with Crippen molar-refractivity contribution in [1.82, 2.24) is 24.8 Å². The van der Waals surface area contributed by atoms with Crippen molar-refractivity contribution in [2.75, 3.05) is 13.2 Å². The zero-order valence-electron chi connectivity index (χ0n) is 24.6. The fourth-order valence-corrected chi connectivity index (χ4v) is 6.98. The predicted octanol–water partition coefficient (Wildman–Crippen LogP) is 6.80. The van der Waals surface area contributed by atoms with Crippen LogP contribution in [-0.2, 0) is 4.74 Å². The maximum Gasteiger partial charge on any atom is 0.339 e. The van der Waals surface area contributed by atoms with E-state index in [0.29, 0.717) is 17.7 Å². The molecule has 3 atom stereocenters. The second-order valence-electron chi connectivity index (χ2n) is 12.4. The first kappa shape index (κ1) is 27.8. The van der Waals surface area contributed by atoms with Gasteiger partial charge in [0.05, 0.1) is 35.4 Å². The van der Waals surface area contributed by atoms with E-state index in [9.17, 15) is 9.90 Å². The number of rotatable bonds is 9. The number of benzene rings is 2. The molecule has 0 bridgehead atoms. The molecule has 7 rings (SSSR count). The Kier molecular flexibility index (Phi) is 7.74. The molecule has 2 saturated carbocycles. The molecule has 43 heavy (non-hydrogen) atoms. The van der Waals surface area contributed by atoms with Crippen LogP contribution in [0.3, 0.4) is 0 Å². The second kappa shape index (κ2) is 12.0. The smallest absolute Gasteiger partial charge is 0.339 e. The summed E-state index contributed by atoms with van der Waals surface area (Å²) in [6.07, 6.45) is 12.8. The first-order valence-electron chi connectivity index (χ1n) is 15.7. The summed E-state index contributed by atoms with van der Waals surface area (Å²) >= 11 is 0. The van der Waals surface area contributed by atoms with Crippen LogP contribution in [0.5, 0.6) is 5.75 Å². The zero-order chi connectivity index (χ0) is 29.3. The van der Waals surface area contributed by atoms with Crippen LogP contribution in [0.1, 0.15) is 97.9 Å². The van der Waals surface area contributed by atoms with E-state index >= 15 is 0 Å². The minimum atomic E-state index is -0.967. The minimum absolute atomic E-state index is 0.00935. The fourth-order valence-electron chi connectivity index (χ4n) is 6.98. The number of nitrogens with zero attached hydrogens (tertiary/aromatic N) is 5. The monoisotopic (exact) mass is 581 g/mol. The first-order chi connectivity index (χ1) is 21.0. The van der Waals surface area contributed by atoms with E-state index in [0.717, 1.165) is 60.7 Å². The molecule has 3 aliphatic rings. The Labute approximate surface area is 251 Å². The molecule has 3 heterocycles. The lowest BCUT2D eigenvalue weighted by molar-refractivity contribution is 0.0657. The van der Waals surface area contributed by atoms with Crippen molar-refractivity contribution in [3.05, 3.63) is 77.9 Å². The SMILES string of the molecule is C[C@H](Oc1cccc(-c2cccc(-n3ncc(C(=O)O)c3C3CC3c3cn(C4CCOCC4)nn3)c2)c1)C1CCCCC1. The minimum Gasteiger partial charge on any atom is -0.490 e. The summed E-state index contributed by atoms with van der Waals surface area (Å²) in [6, 6.07) is 16.7. The molecular formula is C34H39N5O4. The Morgan fingerprint density at radius 1 is 1.00 bits per heavy atom. The van der Waals surface area contributed by atoms with Crippen molar-refractivity contribution in [3.8, 4) is 22.6 Å². The molecule has 2 aliphatic carbocycles. The molecule has 4 aromatic rings. The number of hydrogen-bond acceptors (Lipinski definition) is 6. The molecule has 2 aromatic carbocycles. The average molecular weight is 582 g/mol. The van der Waals surface area contributed by atoms with Crippen molar-refractivity contribution in [2.45, 2.75) is 82.3 Å². The van der Waals surface area contributed by atoms with Gasteiger partial charge in [-0.3, -0.25) is 0 Å². The number of hydrogen-bond donors (Lipinski definition) is 1. The highest BCUT2D eigenvalue weighted by molar-refractivity contribution is 5.89. The van der Waals surface area contributed by atoms with Gasteiger partial charge in [-0.05, 0) is 80.3 Å². The van der Waals surface area contributed by atoms with E-state index in [1.165, 1.54) is 38.3 Å². The molecule has 2 aromatic heterocycles. The van der Waals surface area contributed by atoms with Gasteiger partial charge < -0.3 is 14.6 Å². The van der Waals surface area contributed by atoms with Gasteiger partial charge in [0.1, 0.15) is 11.3 Å². The van der Waals surface area contributed by atoms with Crippen molar-refractivity contribution >= 4 is 5.97 Å². The number of carbonyl (C=O) groups is 1. The Morgan fingerprint density at radius 3 is 2.56 bits per heavy atom. The van der Waals surface area contributed by atoms with E-state index < -0.39 is 5.97 Å². The van der Waals surface area contributed by atoms with E-state index in [2.05, 4.69) is 46.6 Å². The van der Waals surface area contributed by atoms with E-state index in [4.69, 9.17) is 9.47 Å². The molecule has 0 spiro atoms. The Morgan fingerprint density at radius 2 is 1.77 bits per heavy atom. The molecule has 0 amide bonds. The highest BCUT2D eigenvalue weighted by Gasteiger charge is 2.46. The topological polar surface area (TPSA) is 104 Å². The van der Waals surface area contributed by atoms with Crippen LogP contribution in [0.25, 0.3) is 16.8 Å². The highest BCUT2D eigenvalue weighted by Crippen LogP contribution is 2.55. The van der Waals surface area contributed by atoms with Crippen LogP contribution < -0.4 is 4.74 Å². The van der Waals surface area contributed by atoms with Gasteiger partial charge in [-0.2, -0.15) is 5.10 Å². The third kappa shape index (κ3) is 5.83. The number of carboxylic acids is 1.